The normalized spacial score (nSPS) is 10.9. The Hall–Kier alpha value is -3.03. The molecule has 4 aromatic rings. The molecule has 6 nitrogen and oxygen atoms in total. The number of hydrogen-bond donors (Lipinski definition) is 1. The molecule has 0 aliphatic rings. The third kappa shape index (κ3) is 4.58. The van der Waals surface area contributed by atoms with Crippen molar-refractivity contribution in [1.29, 1.82) is 0 Å². The Kier molecular flexibility index (Phi) is 5.92. The Morgan fingerprint density at radius 1 is 1.07 bits per heavy atom. The first-order valence-electron chi connectivity index (χ1n) is 9.22. The Balaban J connectivity index is 1.49. The minimum atomic E-state index is -0.0834. The van der Waals surface area contributed by atoms with Gasteiger partial charge in [0.2, 0.25) is 5.91 Å². The Bertz CT molecular complexity index is 1190. The second-order valence-electron chi connectivity index (χ2n) is 6.63. The number of nitrogens with one attached hydrogen (secondary N) is 1. The first-order valence-corrected chi connectivity index (χ1v) is 10.6. The molecule has 0 aliphatic carbocycles. The predicted molar refractivity (Wildman–Crippen MR) is 121 cm³/mol. The van der Waals surface area contributed by atoms with Crippen LogP contribution in [0.2, 0.25) is 5.02 Å². The maximum atomic E-state index is 12.4. The third-order valence-electron chi connectivity index (χ3n) is 4.49. The molecule has 0 radical (unpaired) electrons. The van der Waals surface area contributed by atoms with Crippen molar-refractivity contribution in [3.63, 3.8) is 0 Å². The van der Waals surface area contributed by atoms with Crippen LogP contribution >= 0.6 is 23.4 Å². The van der Waals surface area contributed by atoms with Gasteiger partial charge in [0.1, 0.15) is 16.8 Å². The number of fused-ring (bicyclic) bond motifs is 1. The summed E-state index contributed by atoms with van der Waals surface area (Å²) in [4.78, 5) is 15.0. The van der Waals surface area contributed by atoms with Gasteiger partial charge >= 0.3 is 0 Å². The second kappa shape index (κ2) is 8.77. The Morgan fingerprint density at radius 2 is 1.73 bits per heavy atom. The third-order valence-corrected chi connectivity index (χ3v) is 5.75. The van der Waals surface area contributed by atoms with Gasteiger partial charge in [-0.25, -0.2) is 0 Å². The number of ether oxygens (including phenoxy) is 1. The molecule has 30 heavy (non-hydrogen) atoms. The molecule has 0 saturated carbocycles. The van der Waals surface area contributed by atoms with Gasteiger partial charge in [0.05, 0.1) is 18.6 Å². The van der Waals surface area contributed by atoms with Crippen LogP contribution in [0.3, 0.4) is 0 Å². The molecule has 1 amide bonds. The van der Waals surface area contributed by atoms with Gasteiger partial charge < -0.3 is 10.1 Å². The quantitative estimate of drug-likeness (QED) is 0.423. The average molecular weight is 439 g/mol. The molecule has 0 spiro atoms. The van der Waals surface area contributed by atoms with Gasteiger partial charge in [-0.3, -0.25) is 4.79 Å². The fraction of sp³-hybridized carbons (Fsp3) is 0.136. The van der Waals surface area contributed by atoms with Crippen LogP contribution < -0.4 is 10.1 Å². The van der Waals surface area contributed by atoms with E-state index in [1.165, 1.54) is 11.8 Å². The number of nitrogens with zero attached hydrogens (tertiary/aromatic N) is 3. The standard InChI is InChI=1S/C22H19ClN4O2S/c1-14-11-20-21(26-27(25-20)16-5-7-17(29-2)8-6-16)12-19(14)24-22(28)13-30-18-9-3-15(23)4-10-18/h3-12H,13H2,1-2H3,(H,24,28). The van der Waals surface area contributed by atoms with Gasteiger partial charge in [0, 0.05) is 15.6 Å². The summed E-state index contributed by atoms with van der Waals surface area (Å²) < 4.78 is 5.19. The summed E-state index contributed by atoms with van der Waals surface area (Å²) in [6.07, 6.45) is 0. The van der Waals surface area contributed by atoms with Gasteiger partial charge in [-0.15, -0.1) is 22.0 Å². The summed E-state index contributed by atoms with van der Waals surface area (Å²) in [7, 11) is 1.63. The second-order valence-corrected chi connectivity index (χ2v) is 8.12. The largest absolute Gasteiger partial charge is 0.497 e. The molecule has 0 aliphatic heterocycles. The van der Waals surface area contributed by atoms with Crippen molar-refractivity contribution in [2.45, 2.75) is 11.8 Å². The van der Waals surface area contributed by atoms with Crippen LogP contribution in [-0.2, 0) is 4.79 Å². The fourth-order valence-corrected chi connectivity index (χ4v) is 3.72. The van der Waals surface area contributed by atoms with E-state index >= 15 is 0 Å². The zero-order chi connectivity index (χ0) is 21.1. The van der Waals surface area contributed by atoms with Gasteiger partial charge in [-0.1, -0.05) is 11.6 Å². The predicted octanol–water partition coefficient (Wildman–Crippen LogP) is 5.12. The van der Waals surface area contributed by atoms with Crippen LogP contribution in [0.5, 0.6) is 5.75 Å². The zero-order valence-corrected chi connectivity index (χ0v) is 18.0. The number of carbonyl (C=O) groups is 1. The Labute approximate surface area is 183 Å². The number of aromatic nitrogens is 3. The number of rotatable bonds is 6. The lowest BCUT2D eigenvalue weighted by molar-refractivity contribution is -0.113. The van der Waals surface area contributed by atoms with Crippen molar-refractivity contribution in [2.24, 2.45) is 0 Å². The van der Waals surface area contributed by atoms with Crippen LogP contribution in [0.15, 0.2) is 65.6 Å². The smallest absolute Gasteiger partial charge is 0.234 e. The van der Waals surface area contributed by atoms with E-state index in [1.54, 1.807) is 11.9 Å². The highest BCUT2D eigenvalue weighted by atomic mass is 35.5. The van der Waals surface area contributed by atoms with Crippen LogP contribution in [0.25, 0.3) is 16.7 Å². The summed E-state index contributed by atoms with van der Waals surface area (Å²) in [5.41, 5.74) is 3.95. The molecule has 0 saturated heterocycles. The van der Waals surface area contributed by atoms with E-state index in [2.05, 4.69) is 15.5 Å². The van der Waals surface area contributed by atoms with Crippen molar-refractivity contribution >= 4 is 46.0 Å². The minimum Gasteiger partial charge on any atom is -0.497 e. The molecule has 0 bridgehead atoms. The molecule has 152 valence electrons. The molecule has 1 N–H and O–H groups in total. The molecule has 1 aromatic heterocycles. The molecular formula is C22H19ClN4O2S. The first-order chi connectivity index (χ1) is 14.5. The SMILES string of the molecule is COc1ccc(-n2nc3cc(C)c(NC(=O)CSc4ccc(Cl)cc4)cc3n2)cc1. The maximum Gasteiger partial charge on any atom is 0.234 e. The van der Waals surface area contributed by atoms with Crippen LogP contribution in [0.4, 0.5) is 5.69 Å². The molecule has 0 atom stereocenters. The number of benzene rings is 3. The summed E-state index contributed by atoms with van der Waals surface area (Å²) >= 11 is 7.35. The minimum absolute atomic E-state index is 0.0834. The highest BCUT2D eigenvalue weighted by Gasteiger charge is 2.11. The fourth-order valence-electron chi connectivity index (χ4n) is 2.90. The number of thioether (sulfide) groups is 1. The van der Waals surface area contributed by atoms with Gasteiger partial charge in [0.25, 0.3) is 0 Å². The topological polar surface area (TPSA) is 69.0 Å². The van der Waals surface area contributed by atoms with E-state index in [0.717, 1.165) is 33.1 Å². The van der Waals surface area contributed by atoms with Crippen molar-refractivity contribution in [3.8, 4) is 11.4 Å². The molecule has 1 heterocycles. The lowest BCUT2D eigenvalue weighted by Gasteiger charge is -2.08. The van der Waals surface area contributed by atoms with E-state index in [9.17, 15) is 4.79 Å². The highest BCUT2D eigenvalue weighted by Crippen LogP contribution is 2.24. The average Bonchev–Trinajstić information content (AvgIpc) is 3.16. The molecule has 3 aromatic carbocycles. The summed E-state index contributed by atoms with van der Waals surface area (Å²) in [5, 5.41) is 12.7. The summed E-state index contributed by atoms with van der Waals surface area (Å²) in [6.45, 7) is 1.94. The van der Waals surface area contributed by atoms with Gasteiger partial charge in [-0.05, 0) is 73.2 Å². The monoisotopic (exact) mass is 438 g/mol. The number of aryl methyl sites for hydroxylation is 1. The lowest BCUT2D eigenvalue weighted by atomic mass is 10.2. The first kappa shape index (κ1) is 20.3. The van der Waals surface area contributed by atoms with E-state index in [0.29, 0.717) is 16.3 Å². The van der Waals surface area contributed by atoms with Crippen molar-refractivity contribution in [2.75, 3.05) is 18.2 Å². The molecule has 8 heteroatoms. The maximum absolute atomic E-state index is 12.4. The van der Waals surface area contributed by atoms with E-state index in [4.69, 9.17) is 16.3 Å². The van der Waals surface area contributed by atoms with E-state index in [-0.39, 0.29) is 5.91 Å². The van der Waals surface area contributed by atoms with Gasteiger partial charge in [0.15, 0.2) is 0 Å². The van der Waals surface area contributed by atoms with Crippen molar-refractivity contribution in [1.82, 2.24) is 15.0 Å². The lowest BCUT2D eigenvalue weighted by Crippen LogP contribution is -2.14. The number of anilines is 1. The molecule has 4 rings (SSSR count). The van der Waals surface area contributed by atoms with Crippen LogP contribution in [0, 0.1) is 6.92 Å². The molecule has 0 unspecified atom stereocenters. The number of halogens is 1. The summed E-state index contributed by atoms with van der Waals surface area (Å²) in [6, 6.07) is 18.7. The number of methoxy groups -OCH3 is 1. The molecule has 0 fully saturated rings. The highest BCUT2D eigenvalue weighted by molar-refractivity contribution is 8.00. The summed E-state index contributed by atoms with van der Waals surface area (Å²) in [5.74, 6) is 0.991. The number of hydrogen-bond acceptors (Lipinski definition) is 5. The molecular weight excluding hydrogens is 420 g/mol. The van der Waals surface area contributed by atoms with Crippen LogP contribution in [-0.4, -0.2) is 33.8 Å². The van der Waals surface area contributed by atoms with Gasteiger partial charge in [-0.2, -0.15) is 4.80 Å². The number of carbonyl (C=O) groups excluding carboxylic acids is 1. The van der Waals surface area contributed by atoms with Crippen molar-refractivity contribution in [3.05, 3.63) is 71.2 Å². The Morgan fingerprint density at radius 3 is 2.40 bits per heavy atom. The zero-order valence-electron chi connectivity index (χ0n) is 16.4. The van der Waals surface area contributed by atoms with Crippen molar-refractivity contribution < 1.29 is 9.53 Å². The van der Waals surface area contributed by atoms with Crippen LogP contribution in [0.1, 0.15) is 5.56 Å². The van der Waals surface area contributed by atoms with E-state index < -0.39 is 0 Å². The number of amides is 1. The van der Waals surface area contributed by atoms with E-state index in [1.807, 2.05) is 67.6 Å².